The van der Waals surface area contributed by atoms with Gasteiger partial charge in [0.15, 0.2) is 0 Å². The summed E-state index contributed by atoms with van der Waals surface area (Å²) in [4.78, 5) is 18.7. The number of H-pyrrole nitrogens is 1. The summed E-state index contributed by atoms with van der Waals surface area (Å²) >= 11 is 0. The molecule has 4 heteroatoms. The van der Waals surface area contributed by atoms with Crippen LogP contribution < -0.4 is 11.3 Å². The summed E-state index contributed by atoms with van der Waals surface area (Å²) in [7, 11) is 0. The van der Waals surface area contributed by atoms with Crippen LogP contribution in [0.3, 0.4) is 0 Å². The third kappa shape index (κ3) is 1.64. The smallest absolute Gasteiger partial charge is 0.256 e. The molecule has 1 saturated carbocycles. The van der Waals surface area contributed by atoms with Crippen molar-refractivity contribution in [2.75, 3.05) is 5.73 Å². The highest BCUT2D eigenvalue weighted by atomic mass is 16.1. The second-order valence-electron chi connectivity index (χ2n) is 3.84. The van der Waals surface area contributed by atoms with Gasteiger partial charge in [0.05, 0.1) is 5.56 Å². The summed E-state index contributed by atoms with van der Waals surface area (Å²) < 4.78 is 0. The quantitative estimate of drug-likeness (QED) is 0.757. The lowest BCUT2D eigenvalue weighted by atomic mass is 10.2. The third-order valence-electron chi connectivity index (χ3n) is 2.53. The van der Waals surface area contributed by atoms with Crippen molar-refractivity contribution in [1.29, 1.82) is 0 Å². The minimum absolute atomic E-state index is 0.0544. The van der Waals surface area contributed by atoms with Gasteiger partial charge in [-0.15, -0.1) is 0 Å². The molecule has 0 unspecified atom stereocenters. The maximum Gasteiger partial charge on any atom is 0.256 e. The van der Waals surface area contributed by atoms with Gasteiger partial charge < -0.3 is 10.7 Å². The number of anilines is 1. The topological polar surface area (TPSA) is 71.8 Å². The van der Waals surface area contributed by atoms with Crippen molar-refractivity contribution in [1.82, 2.24) is 9.97 Å². The Hall–Kier alpha value is -1.32. The van der Waals surface area contributed by atoms with Gasteiger partial charge in [0.1, 0.15) is 11.6 Å². The maximum absolute atomic E-state index is 11.6. The standard InChI is InChI=1S/C10H15N3O/c1-2-3-7-8(11)12-9(6-4-5-6)13-10(7)14/h6H,2-5H2,1H3,(H3,11,12,13,14). The molecule has 14 heavy (non-hydrogen) atoms. The number of aromatic amines is 1. The molecule has 4 nitrogen and oxygen atoms in total. The van der Waals surface area contributed by atoms with Gasteiger partial charge in [0.2, 0.25) is 0 Å². The highest BCUT2D eigenvalue weighted by Crippen LogP contribution is 2.37. The van der Waals surface area contributed by atoms with Gasteiger partial charge in [0, 0.05) is 5.92 Å². The van der Waals surface area contributed by atoms with Crippen molar-refractivity contribution >= 4 is 5.82 Å². The molecule has 0 atom stereocenters. The highest BCUT2D eigenvalue weighted by Gasteiger charge is 2.26. The van der Waals surface area contributed by atoms with E-state index >= 15 is 0 Å². The van der Waals surface area contributed by atoms with E-state index in [0.29, 0.717) is 23.7 Å². The molecule has 1 fully saturated rings. The number of nitrogens with one attached hydrogen (secondary N) is 1. The predicted octanol–water partition coefficient (Wildman–Crippen LogP) is 1.18. The third-order valence-corrected chi connectivity index (χ3v) is 2.53. The molecule has 3 N–H and O–H groups in total. The Balaban J connectivity index is 2.39. The number of rotatable bonds is 3. The van der Waals surface area contributed by atoms with Crippen LogP contribution in [0.25, 0.3) is 0 Å². The van der Waals surface area contributed by atoms with Crippen LogP contribution in [0.1, 0.15) is 43.5 Å². The summed E-state index contributed by atoms with van der Waals surface area (Å²) in [5.41, 5.74) is 6.32. The van der Waals surface area contributed by atoms with Gasteiger partial charge in [-0.2, -0.15) is 0 Å². The first-order valence-corrected chi connectivity index (χ1v) is 5.11. The summed E-state index contributed by atoms with van der Waals surface area (Å²) in [6.45, 7) is 2.02. The Morgan fingerprint density at radius 2 is 2.29 bits per heavy atom. The van der Waals surface area contributed by atoms with Gasteiger partial charge in [-0.05, 0) is 19.3 Å². The van der Waals surface area contributed by atoms with E-state index in [-0.39, 0.29) is 5.56 Å². The average Bonchev–Trinajstić information content (AvgIpc) is 2.93. The van der Waals surface area contributed by atoms with Crippen molar-refractivity contribution in [3.63, 3.8) is 0 Å². The second kappa shape index (κ2) is 3.44. The van der Waals surface area contributed by atoms with E-state index in [9.17, 15) is 4.79 Å². The van der Waals surface area contributed by atoms with Crippen LogP contribution in [-0.2, 0) is 6.42 Å². The fourth-order valence-corrected chi connectivity index (χ4v) is 1.58. The fourth-order valence-electron chi connectivity index (χ4n) is 1.58. The molecule has 1 aliphatic carbocycles. The predicted molar refractivity (Wildman–Crippen MR) is 55.2 cm³/mol. The van der Waals surface area contributed by atoms with Crippen molar-refractivity contribution in [3.8, 4) is 0 Å². The molecule has 1 aliphatic rings. The SMILES string of the molecule is CCCc1c(N)nc(C2CC2)[nH]c1=O. The highest BCUT2D eigenvalue weighted by molar-refractivity contribution is 5.38. The Morgan fingerprint density at radius 3 is 2.79 bits per heavy atom. The minimum atomic E-state index is -0.0544. The van der Waals surface area contributed by atoms with E-state index in [1.165, 1.54) is 0 Å². The van der Waals surface area contributed by atoms with Gasteiger partial charge in [0.25, 0.3) is 5.56 Å². The molecule has 1 aromatic heterocycles. The van der Waals surface area contributed by atoms with Crippen molar-refractivity contribution in [3.05, 3.63) is 21.7 Å². The summed E-state index contributed by atoms with van der Waals surface area (Å²) in [6.07, 6.45) is 3.86. The molecule has 76 valence electrons. The van der Waals surface area contributed by atoms with E-state index in [1.807, 2.05) is 6.92 Å². The van der Waals surface area contributed by atoms with E-state index in [1.54, 1.807) is 0 Å². The zero-order valence-corrected chi connectivity index (χ0v) is 8.34. The van der Waals surface area contributed by atoms with Gasteiger partial charge >= 0.3 is 0 Å². The number of nitrogens with zero attached hydrogens (tertiary/aromatic N) is 1. The van der Waals surface area contributed by atoms with Crippen LogP contribution in [-0.4, -0.2) is 9.97 Å². The Bertz CT molecular complexity index is 393. The normalized spacial score (nSPS) is 15.8. The minimum Gasteiger partial charge on any atom is -0.383 e. The van der Waals surface area contributed by atoms with Crippen LogP contribution in [0, 0.1) is 0 Å². The van der Waals surface area contributed by atoms with Crippen LogP contribution in [0.15, 0.2) is 4.79 Å². The number of hydrogen-bond acceptors (Lipinski definition) is 3. The molecule has 0 saturated heterocycles. The lowest BCUT2D eigenvalue weighted by molar-refractivity contribution is 0.849. The van der Waals surface area contributed by atoms with E-state index in [4.69, 9.17) is 5.73 Å². The monoisotopic (exact) mass is 193 g/mol. The van der Waals surface area contributed by atoms with Crippen LogP contribution in [0.5, 0.6) is 0 Å². The summed E-state index contributed by atoms with van der Waals surface area (Å²) in [6, 6.07) is 0. The molecular weight excluding hydrogens is 178 g/mol. The zero-order valence-electron chi connectivity index (χ0n) is 8.34. The molecular formula is C10H15N3O. The number of hydrogen-bond donors (Lipinski definition) is 2. The van der Waals surface area contributed by atoms with Crippen molar-refractivity contribution < 1.29 is 0 Å². The van der Waals surface area contributed by atoms with Crippen molar-refractivity contribution in [2.45, 2.75) is 38.5 Å². The average molecular weight is 193 g/mol. The van der Waals surface area contributed by atoms with E-state index < -0.39 is 0 Å². The summed E-state index contributed by atoms with van der Waals surface area (Å²) in [5, 5.41) is 0. The maximum atomic E-state index is 11.6. The molecule has 1 aromatic rings. The molecule has 0 amide bonds. The Labute approximate surface area is 82.6 Å². The van der Waals surface area contributed by atoms with Gasteiger partial charge in [-0.25, -0.2) is 4.98 Å². The first-order valence-electron chi connectivity index (χ1n) is 5.11. The lowest BCUT2D eigenvalue weighted by Crippen LogP contribution is -2.19. The van der Waals surface area contributed by atoms with E-state index in [2.05, 4.69) is 9.97 Å². The molecule has 0 aliphatic heterocycles. The number of nitrogen functional groups attached to an aromatic ring is 1. The molecule has 0 spiro atoms. The van der Waals surface area contributed by atoms with Crippen molar-refractivity contribution in [2.24, 2.45) is 0 Å². The van der Waals surface area contributed by atoms with Crippen LogP contribution in [0.4, 0.5) is 5.82 Å². The number of nitrogens with two attached hydrogens (primary N) is 1. The van der Waals surface area contributed by atoms with Crippen LogP contribution >= 0.6 is 0 Å². The molecule has 0 aromatic carbocycles. The largest absolute Gasteiger partial charge is 0.383 e. The molecule has 0 bridgehead atoms. The first-order chi connectivity index (χ1) is 6.72. The van der Waals surface area contributed by atoms with Gasteiger partial charge in [-0.3, -0.25) is 4.79 Å². The lowest BCUT2D eigenvalue weighted by Gasteiger charge is -2.04. The molecule has 0 radical (unpaired) electrons. The summed E-state index contributed by atoms with van der Waals surface area (Å²) in [5.74, 6) is 1.63. The molecule has 1 heterocycles. The number of aromatic nitrogens is 2. The fraction of sp³-hybridized carbons (Fsp3) is 0.600. The zero-order chi connectivity index (χ0) is 10.1. The second-order valence-corrected chi connectivity index (χ2v) is 3.84. The Kier molecular flexibility index (Phi) is 2.27. The Morgan fingerprint density at radius 1 is 1.57 bits per heavy atom. The van der Waals surface area contributed by atoms with Gasteiger partial charge in [-0.1, -0.05) is 13.3 Å². The molecule has 2 rings (SSSR count). The first kappa shape index (κ1) is 9.24. The van der Waals surface area contributed by atoms with E-state index in [0.717, 1.165) is 25.1 Å². The van der Waals surface area contributed by atoms with Crippen LogP contribution in [0.2, 0.25) is 0 Å².